The van der Waals surface area contributed by atoms with Gasteiger partial charge in [-0.3, -0.25) is 0 Å². The minimum Gasteiger partial charge on any atom is -0.465 e. The first kappa shape index (κ1) is 13.0. The summed E-state index contributed by atoms with van der Waals surface area (Å²) in [6, 6.07) is 4.52. The van der Waals surface area contributed by atoms with Crippen molar-refractivity contribution in [2.24, 2.45) is 0 Å². The lowest BCUT2D eigenvalue weighted by Gasteiger charge is -2.05. The molecule has 0 radical (unpaired) electrons. The lowest BCUT2D eigenvalue weighted by Crippen LogP contribution is -2.04. The van der Waals surface area contributed by atoms with E-state index in [-0.39, 0.29) is 5.82 Å². The first-order chi connectivity index (χ1) is 8.54. The van der Waals surface area contributed by atoms with Crippen molar-refractivity contribution < 1.29 is 13.9 Å². The maximum absolute atomic E-state index is 13.2. The molecule has 2 rings (SSSR count). The van der Waals surface area contributed by atoms with Crippen LogP contribution in [0.15, 0.2) is 28.1 Å². The Hall–Kier alpha value is -1.40. The number of hydrogen-bond donors (Lipinski definition) is 1. The summed E-state index contributed by atoms with van der Waals surface area (Å²) < 4.78 is 18.2. The molecule has 0 saturated carbocycles. The number of rotatable bonds is 2. The van der Waals surface area contributed by atoms with Crippen LogP contribution in [-0.2, 0) is 4.74 Å². The number of benzene rings is 1. The van der Waals surface area contributed by atoms with Gasteiger partial charge >= 0.3 is 5.97 Å². The second kappa shape index (κ2) is 5.07. The largest absolute Gasteiger partial charge is 0.465 e. The number of nitrogens with two attached hydrogens (primary N) is 1. The van der Waals surface area contributed by atoms with Crippen LogP contribution >= 0.6 is 27.3 Å². The fourth-order valence-corrected chi connectivity index (χ4v) is 2.75. The summed E-state index contributed by atoms with van der Waals surface area (Å²) in [6.45, 7) is 0. The Balaban J connectivity index is 2.57. The van der Waals surface area contributed by atoms with Crippen LogP contribution in [0.4, 0.5) is 9.39 Å². The summed E-state index contributed by atoms with van der Waals surface area (Å²) in [5, 5.41) is 2.14. The molecule has 1 aromatic heterocycles. The number of halogens is 2. The van der Waals surface area contributed by atoms with Crippen LogP contribution in [0.2, 0.25) is 0 Å². The van der Waals surface area contributed by atoms with Gasteiger partial charge in [-0.1, -0.05) is 6.07 Å². The van der Waals surface area contributed by atoms with Crippen molar-refractivity contribution in [3.63, 3.8) is 0 Å². The van der Waals surface area contributed by atoms with Gasteiger partial charge in [-0.15, -0.1) is 11.3 Å². The average molecular weight is 330 g/mol. The van der Waals surface area contributed by atoms with Gasteiger partial charge in [0, 0.05) is 10.9 Å². The zero-order valence-electron chi connectivity index (χ0n) is 9.37. The zero-order valence-corrected chi connectivity index (χ0v) is 11.8. The van der Waals surface area contributed by atoms with E-state index in [0.29, 0.717) is 26.2 Å². The van der Waals surface area contributed by atoms with Gasteiger partial charge in [-0.25, -0.2) is 9.18 Å². The van der Waals surface area contributed by atoms with Gasteiger partial charge in [0.25, 0.3) is 0 Å². The molecule has 0 amide bonds. The number of hydrogen-bond acceptors (Lipinski definition) is 4. The second-order valence-corrected chi connectivity index (χ2v) is 5.27. The van der Waals surface area contributed by atoms with Gasteiger partial charge in [0.15, 0.2) is 0 Å². The van der Waals surface area contributed by atoms with Gasteiger partial charge in [-0.2, -0.15) is 0 Å². The topological polar surface area (TPSA) is 52.3 Å². The summed E-state index contributed by atoms with van der Waals surface area (Å²) in [6.07, 6.45) is 0. The molecule has 1 aromatic carbocycles. The highest BCUT2D eigenvalue weighted by Gasteiger charge is 2.19. The second-order valence-electron chi connectivity index (χ2n) is 3.51. The molecule has 0 bridgehead atoms. The van der Waals surface area contributed by atoms with Gasteiger partial charge < -0.3 is 10.5 Å². The Labute approximate surface area is 116 Å². The quantitative estimate of drug-likeness (QED) is 0.855. The summed E-state index contributed by atoms with van der Waals surface area (Å²) in [5.41, 5.74) is 7.42. The van der Waals surface area contributed by atoms with E-state index in [0.717, 1.165) is 0 Å². The van der Waals surface area contributed by atoms with E-state index in [1.807, 2.05) is 0 Å². The maximum Gasteiger partial charge on any atom is 0.341 e. The molecule has 0 fully saturated rings. The molecule has 18 heavy (non-hydrogen) atoms. The highest BCUT2D eigenvalue weighted by molar-refractivity contribution is 9.10. The number of carbonyl (C=O) groups is 1. The highest BCUT2D eigenvalue weighted by Crippen LogP contribution is 2.35. The molecule has 2 aromatic rings. The van der Waals surface area contributed by atoms with Crippen LogP contribution in [0.1, 0.15) is 10.4 Å². The van der Waals surface area contributed by atoms with Crippen molar-refractivity contribution in [1.82, 2.24) is 0 Å². The fourth-order valence-electron chi connectivity index (χ4n) is 1.56. The minimum atomic E-state index is -0.496. The molecule has 0 aliphatic rings. The number of ether oxygens (including phenoxy) is 1. The molecule has 2 N–H and O–H groups in total. The summed E-state index contributed by atoms with van der Waals surface area (Å²) in [4.78, 5) is 11.7. The van der Waals surface area contributed by atoms with Gasteiger partial charge in [0.2, 0.25) is 0 Å². The van der Waals surface area contributed by atoms with Crippen molar-refractivity contribution in [2.45, 2.75) is 0 Å². The number of carbonyl (C=O) groups excluding carboxylic acids is 1. The van der Waals surface area contributed by atoms with Crippen LogP contribution in [0.3, 0.4) is 0 Å². The SMILES string of the molecule is COC(=O)c1c(-c2ccc(F)c(Br)c2)csc1N. The molecule has 0 spiro atoms. The number of methoxy groups -OCH3 is 1. The van der Waals surface area contributed by atoms with E-state index in [2.05, 4.69) is 15.9 Å². The molecular weight excluding hydrogens is 321 g/mol. The van der Waals surface area contributed by atoms with E-state index in [4.69, 9.17) is 10.5 Å². The third-order valence-electron chi connectivity index (χ3n) is 2.44. The van der Waals surface area contributed by atoms with E-state index in [1.165, 1.54) is 24.5 Å². The number of anilines is 1. The van der Waals surface area contributed by atoms with Gasteiger partial charge in [0.05, 0.1) is 11.6 Å². The number of thiophene rings is 1. The number of nitrogen functional groups attached to an aromatic ring is 1. The predicted molar refractivity (Wildman–Crippen MR) is 73.2 cm³/mol. The first-order valence-corrected chi connectivity index (χ1v) is 6.62. The van der Waals surface area contributed by atoms with Gasteiger partial charge in [-0.05, 0) is 33.6 Å². The maximum atomic E-state index is 13.2. The van der Waals surface area contributed by atoms with Gasteiger partial charge in [0.1, 0.15) is 16.4 Å². The van der Waals surface area contributed by atoms with Crippen molar-refractivity contribution in [1.29, 1.82) is 0 Å². The standard InChI is InChI=1S/C12H9BrFNO2S/c1-17-12(16)10-7(5-18-11(10)15)6-2-3-9(14)8(13)4-6/h2-5H,15H2,1H3. The third kappa shape index (κ3) is 2.26. The highest BCUT2D eigenvalue weighted by atomic mass is 79.9. The number of esters is 1. The Kier molecular flexibility index (Phi) is 3.68. The molecule has 0 aliphatic carbocycles. The van der Waals surface area contributed by atoms with Crippen LogP contribution in [-0.4, -0.2) is 13.1 Å². The van der Waals surface area contributed by atoms with Crippen LogP contribution in [0, 0.1) is 5.82 Å². The van der Waals surface area contributed by atoms with E-state index < -0.39 is 5.97 Å². The molecule has 0 unspecified atom stereocenters. The summed E-state index contributed by atoms with van der Waals surface area (Å²) >= 11 is 4.36. The minimum absolute atomic E-state index is 0.320. The molecule has 3 nitrogen and oxygen atoms in total. The first-order valence-electron chi connectivity index (χ1n) is 4.95. The van der Waals surface area contributed by atoms with Crippen molar-refractivity contribution >= 4 is 38.2 Å². The molecular formula is C12H9BrFNO2S. The zero-order chi connectivity index (χ0) is 13.3. The van der Waals surface area contributed by atoms with E-state index in [1.54, 1.807) is 17.5 Å². The predicted octanol–water partition coefficient (Wildman–Crippen LogP) is 3.69. The molecule has 6 heteroatoms. The molecule has 0 saturated heterocycles. The Bertz CT molecular complexity index is 612. The molecule has 0 atom stereocenters. The average Bonchev–Trinajstić information content (AvgIpc) is 2.74. The van der Waals surface area contributed by atoms with Crippen LogP contribution in [0.5, 0.6) is 0 Å². The lowest BCUT2D eigenvalue weighted by molar-refractivity contribution is 0.0603. The van der Waals surface area contributed by atoms with Crippen molar-refractivity contribution in [3.05, 3.63) is 39.4 Å². The molecule has 94 valence electrons. The fraction of sp³-hybridized carbons (Fsp3) is 0.0833. The lowest BCUT2D eigenvalue weighted by atomic mass is 10.0. The van der Waals surface area contributed by atoms with E-state index >= 15 is 0 Å². The van der Waals surface area contributed by atoms with Crippen molar-refractivity contribution in [3.8, 4) is 11.1 Å². The summed E-state index contributed by atoms with van der Waals surface area (Å²) in [7, 11) is 1.30. The van der Waals surface area contributed by atoms with Crippen LogP contribution in [0.25, 0.3) is 11.1 Å². The van der Waals surface area contributed by atoms with Crippen molar-refractivity contribution in [2.75, 3.05) is 12.8 Å². The Morgan fingerprint density at radius 2 is 2.22 bits per heavy atom. The monoisotopic (exact) mass is 329 g/mol. The van der Waals surface area contributed by atoms with Crippen LogP contribution < -0.4 is 5.73 Å². The smallest absolute Gasteiger partial charge is 0.341 e. The molecule has 1 heterocycles. The normalized spacial score (nSPS) is 10.4. The molecule has 0 aliphatic heterocycles. The Morgan fingerprint density at radius 1 is 1.50 bits per heavy atom. The van der Waals surface area contributed by atoms with E-state index in [9.17, 15) is 9.18 Å². The summed E-state index contributed by atoms with van der Waals surface area (Å²) in [5.74, 6) is -0.856. The third-order valence-corrected chi connectivity index (χ3v) is 3.86. The Morgan fingerprint density at radius 3 is 2.83 bits per heavy atom.